The number of nitrogens with zero attached hydrogens (tertiary/aromatic N) is 2. The van der Waals surface area contributed by atoms with Crippen LogP contribution in [-0.2, 0) is 24.2 Å². The highest BCUT2D eigenvalue weighted by atomic mass is 16.5. The van der Waals surface area contributed by atoms with E-state index >= 15 is 0 Å². The van der Waals surface area contributed by atoms with Crippen molar-refractivity contribution in [2.45, 2.75) is 46.1 Å². The topological polar surface area (TPSA) is 81.5 Å². The SMILES string of the molecule is Cc1cnc(CCCO)o1.Cc1cnc(CCCOCc2ccccc2)o1. The summed E-state index contributed by atoms with van der Waals surface area (Å²) < 4.78 is 16.1. The van der Waals surface area contributed by atoms with Gasteiger partial charge < -0.3 is 18.7 Å². The number of rotatable bonds is 9. The molecule has 0 fully saturated rings. The number of hydrogen-bond donors (Lipinski definition) is 1. The molecule has 0 aliphatic rings. The largest absolute Gasteiger partial charge is 0.446 e. The lowest BCUT2D eigenvalue weighted by molar-refractivity contribution is 0.117. The van der Waals surface area contributed by atoms with Crippen molar-refractivity contribution in [2.24, 2.45) is 0 Å². The first-order chi connectivity index (χ1) is 13.2. The molecule has 0 saturated carbocycles. The van der Waals surface area contributed by atoms with Gasteiger partial charge in [0.05, 0.1) is 19.0 Å². The fraction of sp³-hybridized carbons (Fsp3) is 0.429. The highest BCUT2D eigenvalue weighted by molar-refractivity contribution is 5.13. The van der Waals surface area contributed by atoms with Crippen LogP contribution in [0.1, 0.15) is 41.7 Å². The number of benzene rings is 1. The molecule has 3 aromatic rings. The van der Waals surface area contributed by atoms with Crippen molar-refractivity contribution in [1.82, 2.24) is 9.97 Å². The molecular weight excluding hydrogens is 344 g/mol. The second kappa shape index (κ2) is 12.0. The minimum Gasteiger partial charge on any atom is -0.446 e. The van der Waals surface area contributed by atoms with Crippen molar-refractivity contribution in [3.8, 4) is 0 Å². The van der Waals surface area contributed by atoms with E-state index in [0.717, 1.165) is 49.7 Å². The molecule has 0 spiro atoms. The Kier molecular flexibility index (Phi) is 9.30. The molecule has 27 heavy (non-hydrogen) atoms. The molecule has 3 rings (SSSR count). The zero-order valence-corrected chi connectivity index (χ0v) is 16.1. The molecule has 0 aliphatic heterocycles. The van der Waals surface area contributed by atoms with Gasteiger partial charge in [0, 0.05) is 26.1 Å². The maximum absolute atomic E-state index is 8.46. The Bertz CT molecular complexity index is 752. The first-order valence-corrected chi connectivity index (χ1v) is 9.22. The molecule has 146 valence electrons. The number of aryl methyl sites for hydroxylation is 4. The quantitative estimate of drug-likeness (QED) is 0.571. The highest BCUT2D eigenvalue weighted by Crippen LogP contribution is 2.06. The van der Waals surface area contributed by atoms with Crippen molar-refractivity contribution >= 4 is 0 Å². The second-order valence-corrected chi connectivity index (χ2v) is 6.20. The Hall–Kier alpha value is -2.44. The Balaban J connectivity index is 0.000000223. The molecule has 0 atom stereocenters. The predicted octanol–water partition coefficient (Wildman–Crippen LogP) is 4.04. The van der Waals surface area contributed by atoms with Gasteiger partial charge in [-0.05, 0) is 32.3 Å². The van der Waals surface area contributed by atoms with E-state index in [2.05, 4.69) is 22.1 Å². The molecule has 1 aromatic carbocycles. The van der Waals surface area contributed by atoms with Crippen molar-refractivity contribution < 1.29 is 18.7 Å². The second-order valence-electron chi connectivity index (χ2n) is 6.20. The lowest BCUT2D eigenvalue weighted by Crippen LogP contribution is -1.97. The standard InChI is InChI=1S/C14H17NO2.C7H11NO2/c1-12-10-15-14(17-12)8-5-9-16-11-13-6-3-2-4-7-13;1-6-5-8-7(10-6)3-2-4-9/h2-4,6-7,10H,5,8-9,11H2,1H3;5,9H,2-4H2,1H3. The molecule has 1 N–H and O–H groups in total. The molecule has 0 unspecified atom stereocenters. The number of aromatic nitrogens is 2. The summed E-state index contributed by atoms with van der Waals surface area (Å²) in [5.74, 6) is 3.20. The third-order valence-corrected chi connectivity index (χ3v) is 3.68. The van der Waals surface area contributed by atoms with Gasteiger partial charge in [0.15, 0.2) is 11.8 Å². The van der Waals surface area contributed by atoms with E-state index in [9.17, 15) is 0 Å². The molecule has 0 saturated heterocycles. The minimum absolute atomic E-state index is 0.196. The first kappa shape index (κ1) is 20.9. The third-order valence-electron chi connectivity index (χ3n) is 3.68. The summed E-state index contributed by atoms with van der Waals surface area (Å²) in [7, 11) is 0. The van der Waals surface area contributed by atoms with Gasteiger partial charge >= 0.3 is 0 Å². The first-order valence-electron chi connectivity index (χ1n) is 9.22. The summed E-state index contributed by atoms with van der Waals surface area (Å²) in [5, 5.41) is 8.46. The van der Waals surface area contributed by atoms with Crippen molar-refractivity contribution in [1.29, 1.82) is 0 Å². The molecule has 2 heterocycles. The van der Waals surface area contributed by atoms with Gasteiger partial charge in [0.2, 0.25) is 0 Å². The molecule has 0 amide bonds. The number of oxazole rings is 2. The molecule has 0 aliphatic carbocycles. The van der Waals surface area contributed by atoms with Gasteiger partial charge in [0.1, 0.15) is 11.5 Å². The Morgan fingerprint density at radius 2 is 1.48 bits per heavy atom. The van der Waals surface area contributed by atoms with Gasteiger partial charge in [-0.3, -0.25) is 0 Å². The summed E-state index contributed by atoms with van der Waals surface area (Å²) in [4.78, 5) is 8.12. The lowest BCUT2D eigenvalue weighted by atomic mass is 10.2. The van der Waals surface area contributed by atoms with Crippen LogP contribution < -0.4 is 0 Å². The van der Waals surface area contributed by atoms with Crippen LogP contribution in [0.2, 0.25) is 0 Å². The van der Waals surface area contributed by atoms with E-state index in [1.54, 1.807) is 12.4 Å². The van der Waals surface area contributed by atoms with E-state index in [0.29, 0.717) is 12.5 Å². The van der Waals surface area contributed by atoms with E-state index in [1.807, 2.05) is 32.0 Å². The summed E-state index contributed by atoms with van der Waals surface area (Å²) in [6.07, 6.45) is 6.66. The molecule has 2 aromatic heterocycles. The third kappa shape index (κ3) is 8.66. The molecule has 0 bridgehead atoms. The highest BCUT2D eigenvalue weighted by Gasteiger charge is 2.00. The van der Waals surface area contributed by atoms with Crippen LogP contribution in [-0.4, -0.2) is 28.3 Å². The number of ether oxygens (including phenoxy) is 1. The Morgan fingerprint density at radius 3 is 2.00 bits per heavy atom. The van der Waals surface area contributed by atoms with E-state index in [1.165, 1.54) is 5.56 Å². The smallest absolute Gasteiger partial charge is 0.194 e. The van der Waals surface area contributed by atoms with Gasteiger partial charge in [-0.1, -0.05) is 30.3 Å². The van der Waals surface area contributed by atoms with Crippen LogP contribution in [0.15, 0.2) is 51.6 Å². The predicted molar refractivity (Wildman–Crippen MR) is 102 cm³/mol. The van der Waals surface area contributed by atoms with Crippen molar-refractivity contribution in [3.63, 3.8) is 0 Å². The van der Waals surface area contributed by atoms with Crippen molar-refractivity contribution in [3.05, 3.63) is 71.6 Å². The van der Waals surface area contributed by atoms with Gasteiger partial charge in [-0.2, -0.15) is 0 Å². The lowest BCUT2D eigenvalue weighted by Gasteiger charge is -2.02. The van der Waals surface area contributed by atoms with Crippen LogP contribution in [0, 0.1) is 13.8 Å². The summed E-state index contributed by atoms with van der Waals surface area (Å²) in [6, 6.07) is 10.2. The number of hydrogen-bond acceptors (Lipinski definition) is 6. The van der Waals surface area contributed by atoms with E-state index in [4.69, 9.17) is 18.7 Å². The minimum atomic E-state index is 0.196. The van der Waals surface area contributed by atoms with E-state index in [-0.39, 0.29) is 6.61 Å². The fourth-order valence-corrected chi connectivity index (χ4v) is 2.35. The molecule has 6 nitrogen and oxygen atoms in total. The zero-order chi connectivity index (χ0) is 19.3. The van der Waals surface area contributed by atoms with Crippen LogP contribution in [0.25, 0.3) is 0 Å². The van der Waals surface area contributed by atoms with Crippen LogP contribution in [0.5, 0.6) is 0 Å². The average Bonchev–Trinajstić information content (AvgIpc) is 3.29. The maximum atomic E-state index is 8.46. The number of aliphatic hydroxyl groups excluding tert-OH is 1. The van der Waals surface area contributed by atoms with Gasteiger partial charge in [-0.25, -0.2) is 9.97 Å². The number of aliphatic hydroxyl groups is 1. The molecule has 6 heteroatoms. The summed E-state index contributed by atoms with van der Waals surface area (Å²) in [5.41, 5.74) is 1.21. The average molecular weight is 372 g/mol. The van der Waals surface area contributed by atoms with Gasteiger partial charge in [-0.15, -0.1) is 0 Å². The Morgan fingerprint density at radius 1 is 0.889 bits per heavy atom. The fourth-order valence-electron chi connectivity index (χ4n) is 2.35. The van der Waals surface area contributed by atoms with Crippen LogP contribution in [0.4, 0.5) is 0 Å². The van der Waals surface area contributed by atoms with E-state index < -0.39 is 0 Å². The normalized spacial score (nSPS) is 10.5. The van der Waals surface area contributed by atoms with Gasteiger partial charge in [0.25, 0.3) is 0 Å². The molecule has 0 radical (unpaired) electrons. The zero-order valence-electron chi connectivity index (χ0n) is 16.1. The van der Waals surface area contributed by atoms with Crippen LogP contribution >= 0.6 is 0 Å². The Labute approximate surface area is 160 Å². The monoisotopic (exact) mass is 372 g/mol. The maximum Gasteiger partial charge on any atom is 0.194 e. The van der Waals surface area contributed by atoms with Crippen LogP contribution in [0.3, 0.4) is 0 Å². The summed E-state index contributed by atoms with van der Waals surface area (Å²) in [6.45, 7) is 5.36. The summed E-state index contributed by atoms with van der Waals surface area (Å²) >= 11 is 0. The van der Waals surface area contributed by atoms with Crippen molar-refractivity contribution in [2.75, 3.05) is 13.2 Å². The molecular formula is C21H28N2O4.